The van der Waals surface area contributed by atoms with Gasteiger partial charge in [-0.3, -0.25) is 9.59 Å². The van der Waals surface area contributed by atoms with E-state index in [0.29, 0.717) is 23.0 Å². The molecule has 1 fully saturated rings. The molecule has 7 heteroatoms. The number of anilines is 2. The summed E-state index contributed by atoms with van der Waals surface area (Å²) in [4.78, 5) is 32.3. The predicted molar refractivity (Wildman–Crippen MR) is 97.6 cm³/mol. The number of nitrogen functional groups attached to an aromatic ring is 1. The lowest BCUT2D eigenvalue weighted by Gasteiger charge is -2.33. The molecular weight excluding hydrogens is 336 g/mol. The fourth-order valence-electron chi connectivity index (χ4n) is 4.25. The number of carbonyl (C=O) groups excluding carboxylic acids is 2. The molecule has 2 aliphatic rings. The average molecular weight is 356 g/mol. The molecule has 0 unspecified atom stereocenters. The highest BCUT2D eigenvalue weighted by Gasteiger charge is 2.58. The van der Waals surface area contributed by atoms with Crippen LogP contribution in [0.3, 0.4) is 0 Å². The molecule has 0 saturated carbocycles. The number of likely N-dealkylation sites (tertiary alicyclic amines) is 1. The van der Waals surface area contributed by atoms with Gasteiger partial charge in [0.2, 0.25) is 5.91 Å². The van der Waals surface area contributed by atoms with E-state index >= 15 is 0 Å². The lowest BCUT2D eigenvalue weighted by Crippen LogP contribution is -2.48. The Bertz CT molecular complexity index is 849. The minimum absolute atomic E-state index is 0.00580. The zero-order chi connectivity index (χ0) is 17.6. The summed E-state index contributed by atoms with van der Waals surface area (Å²) in [6.07, 6.45) is 3.85. The third-order valence-corrected chi connectivity index (χ3v) is 6.13. The van der Waals surface area contributed by atoms with Crippen molar-refractivity contribution in [3.63, 3.8) is 0 Å². The van der Waals surface area contributed by atoms with Gasteiger partial charge in [-0.1, -0.05) is 42.9 Å². The van der Waals surface area contributed by atoms with Crippen LogP contribution in [-0.4, -0.2) is 34.3 Å². The first-order valence-electron chi connectivity index (χ1n) is 8.51. The Morgan fingerprint density at radius 2 is 2.28 bits per heavy atom. The number of rotatable bonds is 3. The second kappa shape index (κ2) is 5.84. The van der Waals surface area contributed by atoms with Crippen molar-refractivity contribution in [3.8, 4) is 0 Å². The fourth-order valence-corrected chi connectivity index (χ4v) is 4.89. The highest BCUT2D eigenvalue weighted by atomic mass is 32.1. The van der Waals surface area contributed by atoms with Crippen LogP contribution in [0.4, 0.5) is 10.8 Å². The number of fused-ring (bicyclic) bond motifs is 2. The van der Waals surface area contributed by atoms with E-state index in [9.17, 15) is 9.59 Å². The van der Waals surface area contributed by atoms with Gasteiger partial charge in [0, 0.05) is 12.2 Å². The summed E-state index contributed by atoms with van der Waals surface area (Å²) in [5, 5.41) is 3.40. The van der Waals surface area contributed by atoms with Crippen molar-refractivity contribution in [2.45, 2.75) is 37.6 Å². The van der Waals surface area contributed by atoms with Gasteiger partial charge in [-0.2, -0.15) is 0 Å². The maximum atomic E-state index is 13.0. The van der Waals surface area contributed by atoms with Crippen molar-refractivity contribution >= 4 is 34.0 Å². The van der Waals surface area contributed by atoms with Gasteiger partial charge in [-0.05, 0) is 24.5 Å². The Balaban J connectivity index is 1.76. The van der Waals surface area contributed by atoms with Gasteiger partial charge in [0.25, 0.3) is 5.91 Å². The zero-order valence-electron chi connectivity index (χ0n) is 14.0. The predicted octanol–water partition coefficient (Wildman–Crippen LogP) is 2.63. The standard InChI is InChI=1S/C18H20N4O2S/c1-2-5-14-18(11-6-3-4-7-12(11)21-16(18)24)8-9-22(14)15(23)13-10-20-17(19)25-13/h3-4,6-7,10,14H,2,5,8-9H2,1H3,(H2,19,20)(H,21,24)/t14-,18-/m0/s1. The van der Waals surface area contributed by atoms with E-state index < -0.39 is 5.41 Å². The van der Waals surface area contributed by atoms with E-state index in [2.05, 4.69) is 17.2 Å². The van der Waals surface area contributed by atoms with E-state index in [0.717, 1.165) is 24.1 Å². The van der Waals surface area contributed by atoms with E-state index in [1.807, 2.05) is 29.2 Å². The van der Waals surface area contributed by atoms with Crippen LogP contribution in [0.2, 0.25) is 0 Å². The van der Waals surface area contributed by atoms with Crippen LogP contribution in [0.5, 0.6) is 0 Å². The topological polar surface area (TPSA) is 88.3 Å². The van der Waals surface area contributed by atoms with E-state index in [1.54, 1.807) is 0 Å². The van der Waals surface area contributed by atoms with Gasteiger partial charge in [0.15, 0.2) is 5.13 Å². The van der Waals surface area contributed by atoms with Crippen molar-refractivity contribution in [1.29, 1.82) is 0 Å². The van der Waals surface area contributed by atoms with Crippen molar-refractivity contribution in [2.75, 3.05) is 17.6 Å². The largest absolute Gasteiger partial charge is 0.375 e. The van der Waals surface area contributed by atoms with Crippen LogP contribution in [0, 0.1) is 0 Å². The number of amides is 2. The molecule has 1 spiro atoms. The molecule has 0 bridgehead atoms. The monoisotopic (exact) mass is 356 g/mol. The molecule has 0 aliphatic carbocycles. The molecule has 4 rings (SSSR count). The van der Waals surface area contributed by atoms with Crippen molar-refractivity contribution in [3.05, 3.63) is 40.9 Å². The quantitative estimate of drug-likeness (QED) is 0.885. The number of aromatic nitrogens is 1. The van der Waals surface area contributed by atoms with Crippen molar-refractivity contribution < 1.29 is 9.59 Å². The molecule has 130 valence electrons. The summed E-state index contributed by atoms with van der Waals surface area (Å²) in [6.45, 7) is 2.64. The molecule has 1 aromatic carbocycles. The van der Waals surface area contributed by atoms with Crippen LogP contribution in [0.25, 0.3) is 0 Å². The second-order valence-electron chi connectivity index (χ2n) is 6.59. The van der Waals surface area contributed by atoms with E-state index in [1.165, 1.54) is 17.5 Å². The molecule has 0 radical (unpaired) electrons. The van der Waals surface area contributed by atoms with E-state index in [4.69, 9.17) is 5.73 Å². The summed E-state index contributed by atoms with van der Waals surface area (Å²) >= 11 is 1.20. The summed E-state index contributed by atoms with van der Waals surface area (Å²) in [6, 6.07) is 7.66. The van der Waals surface area contributed by atoms with Gasteiger partial charge in [0.1, 0.15) is 4.88 Å². The third-order valence-electron chi connectivity index (χ3n) is 5.31. The SMILES string of the molecule is CCC[C@@H]1N(C(=O)c2cnc(N)s2)CC[C@@]12C(=O)Nc1ccccc12. The minimum Gasteiger partial charge on any atom is -0.375 e. The minimum atomic E-state index is -0.654. The molecule has 2 atom stereocenters. The van der Waals surface area contributed by atoms with Crippen LogP contribution in [-0.2, 0) is 10.2 Å². The Morgan fingerprint density at radius 1 is 1.48 bits per heavy atom. The lowest BCUT2D eigenvalue weighted by atomic mass is 9.73. The van der Waals surface area contributed by atoms with Crippen LogP contribution in [0.1, 0.15) is 41.4 Å². The number of nitrogens with one attached hydrogen (secondary N) is 1. The first-order valence-corrected chi connectivity index (χ1v) is 9.33. The van der Waals surface area contributed by atoms with Gasteiger partial charge >= 0.3 is 0 Å². The molecule has 3 heterocycles. The molecule has 2 aliphatic heterocycles. The summed E-state index contributed by atoms with van der Waals surface area (Å²) in [5.41, 5.74) is 6.90. The molecule has 25 heavy (non-hydrogen) atoms. The smallest absolute Gasteiger partial charge is 0.265 e. The second-order valence-corrected chi connectivity index (χ2v) is 7.65. The highest BCUT2D eigenvalue weighted by Crippen LogP contribution is 2.49. The van der Waals surface area contributed by atoms with Crippen molar-refractivity contribution in [1.82, 2.24) is 9.88 Å². The Labute approximate surface area is 150 Å². The maximum Gasteiger partial charge on any atom is 0.265 e. The number of nitrogens with zero attached hydrogens (tertiary/aromatic N) is 2. The first-order chi connectivity index (χ1) is 12.1. The summed E-state index contributed by atoms with van der Waals surface area (Å²) in [7, 11) is 0. The number of thiazole rings is 1. The lowest BCUT2D eigenvalue weighted by molar-refractivity contribution is -0.121. The molecule has 1 aromatic heterocycles. The first kappa shape index (κ1) is 16.1. The average Bonchev–Trinajstić information content (AvgIpc) is 3.27. The number of benzene rings is 1. The van der Waals surface area contributed by atoms with Crippen LogP contribution < -0.4 is 11.1 Å². The Hall–Kier alpha value is -2.41. The van der Waals surface area contributed by atoms with Gasteiger partial charge < -0.3 is 16.0 Å². The summed E-state index contributed by atoms with van der Waals surface area (Å²) < 4.78 is 0. The molecule has 6 nitrogen and oxygen atoms in total. The third kappa shape index (κ3) is 2.26. The number of hydrogen-bond donors (Lipinski definition) is 2. The molecular formula is C18H20N4O2S. The van der Waals surface area contributed by atoms with Crippen molar-refractivity contribution in [2.24, 2.45) is 0 Å². The summed E-state index contributed by atoms with van der Waals surface area (Å²) in [5.74, 6) is -0.0759. The molecule has 2 aromatic rings. The maximum absolute atomic E-state index is 13.0. The molecule has 1 saturated heterocycles. The Kier molecular flexibility index (Phi) is 3.76. The number of hydrogen-bond acceptors (Lipinski definition) is 5. The normalized spacial score (nSPS) is 24.6. The van der Waals surface area contributed by atoms with E-state index in [-0.39, 0.29) is 17.9 Å². The highest BCUT2D eigenvalue weighted by molar-refractivity contribution is 7.17. The fraction of sp³-hybridized carbons (Fsp3) is 0.389. The zero-order valence-corrected chi connectivity index (χ0v) is 14.8. The number of carbonyl (C=O) groups is 2. The Morgan fingerprint density at radius 3 is 3.00 bits per heavy atom. The number of nitrogens with two attached hydrogens (primary N) is 1. The van der Waals surface area contributed by atoms with Crippen LogP contribution in [0.15, 0.2) is 30.5 Å². The van der Waals surface area contributed by atoms with Gasteiger partial charge in [0.05, 0.1) is 17.7 Å². The molecule has 3 N–H and O–H groups in total. The van der Waals surface area contributed by atoms with Gasteiger partial charge in [-0.25, -0.2) is 4.98 Å². The van der Waals surface area contributed by atoms with Crippen LogP contribution >= 0.6 is 11.3 Å². The molecule has 2 amide bonds. The number of para-hydroxylation sites is 1. The van der Waals surface area contributed by atoms with Gasteiger partial charge in [-0.15, -0.1) is 0 Å².